The van der Waals surface area contributed by atoms with Crippen molar-refractivity contribution in [1.29, 1.82) is 0 Å². The molecule has 1 aromatic carbocycles. The first-order chi connectivity index (χ1) is 10.1. The Bertz CT molecular complexity index is 609. The fourth-order valence-electron chi connectivity index (χ4n) is 1.89. The lowest BCUT2D eigenvalue weighted by Crippen LogP contribution is -2.27. The molecule has 0 amide bonds. The molecule has 1 atom stereocenters. The summed E-state index contributed by atoms with van der Waals surface area (Å²) in [5.41, 5.74) is -1.12. The van der Waals surface area contributed by atoms with Crippen LogP contribution in [0.2, 0.25) is 0 Å². The number of esters is 1. The minimum Gasteiger partial charge on any atom is -0.460 e. The minimum atomic E-state index is -0.948. The number of terminal acetylenes is 1. The summed E-state index contributed by atoms with van der Waals surface area (Å²) in [7, 11) is 0. The van der Waals surface area contributed by atoms with Crippen LogP contribution in [0.5, 0.6) is 0 Å². The lowest BCUT2D eigenvalue weighted by atomic mass is 9.91. The summed E-state index contributed by atoms with van der Waals surface area (Å²) in [6, 6.07) is 2.58. The Morgan fingerprint density at radius 2 is 1.95 bits per heavy atom. The fraction of sp³-hybridized carbons (Fsp3) is 0.412. The van der Waals surface area contributed by atoms with E-state index >= 15 is 0 Å². The lowest BCUT2D eigenvalue weighted by molar-refractivity contribution is -0.155. The number of rotatable bonds is 5. The van der Waals surface area contributed by atoms with Crippen molar-refractivity contribution >= 4 is 11.8 Å². The van der Waals surface area contributed by atoms with Crippen LogP contribution in [0.1, 0.15) is 44.0 Å². The van der Waals surface area contributed by atoms with Gasteiger partial charge in [-0.2, -0.15) is 0 Å². The maximum absolute atomic E-state index is 13.7. The van der Waals surface area contributed by atoms with Crippen LogP contribution in [0, 0.1) is 29.9 Å². The highest BCUT2D eigenvalue weighted by Crippen LogP contribution is 2.21. The van der Waals surface area contributed by atoms with E-state index in [9.17, 15) is 18.4 Å². The van der Waals surface area contributed by atoms with Gasteiger partial charge in [-0.3, -0.25) is 9.59 Å². The predicted octanol–water partition coefficient (Wildman–Crippen LogP) is 3.52. The van der Waals surface area contributed by atoms with Crippen molar-refractivity contribution in [3.05, 3.63) is 35.4 Å². The van der Waals surface area contributed by atoms with Crippen molar-refractivity contribution in [3.63, 3.8) is 0 Å². The quantitative estimate of drug-likeness (QED) is 0.475. The summed E-state index contributed by atoms with van der Waals surface area (Å²) < 4.78 is 32.0. The molecule has 0 saturated heterocycles. The number of carbonyl (C=O) groups excluding carboxylic acids is 2. The summed E-state index contributed by atoms with van der Waals surface area (Å²) in [6.07, 6.45) is 4.85. The van der Waals surface area contributed by atoms with Crippen LogP contribution < -0.4 is 0 Å². The SMILES string of the molecule is C#CCC(CC(=O)OC(C)(C)C)C(=O)c1cc(F)ccc1F. The van der Waals surface area contributed by atoms with Gasteiger partial charge < -0.3 is 4.74 Å². The van der Waals surface area contributed by atoms with Gasteiger partial charge >= 0.3 is 5.97 Å². The molecule has 0 bridgehead atoms. The van der Waals surface area contributed by atoms with Crippen LogP contribution in [0.3, 0.4) is 0 Å². The number of ether oxygens (including phenoxy) is 1. The van der Waals surface area contributed by atoms with Crippen molar-refractivity contribution in [3.8, 4) is 12.3 Å². The van der Waals surface area contributed by atoms with Crippen molar-refractivity contribution in [2.24, 2.45) is 5.92 Å². The molecule has 0 fully saturated rings. The van der Waals surface area contributed by atoms with Gasteiger partial charge in [-0.25, -0.2) is 8.78 Å². The Balaban J connectivity index is 2.95. The number of hydrogen-bond acceptors (Lipinski definition) is 3. The van der Waals surface area contributed by atoms with Crippen molar-refractivity contribution < 1.29 is 23.1 Å². The molecule has 0 radical (unpaired) electrons. The molecule has 0 aromatic heterocycles. The monoisotopic (exact) mass is 308 g/mol. The fourth-order valence-corrected chi connectivity index (χ4v) is 1.89. The Hall–Kier alpha value is -2.22. The molecule has 0 aliphatic rings. The first-order valence-electron chi connectivity index (χ1n) is 6.78. The van der Waals surface area contributed by atoms with Gasteiger partial charge in [0.2, 0.25) is 0 Å². The maximum atomic E-state index is 13.7. The number of carbonyl (C=O) groups is 2. The Morgan fingerprint density at radius 3 is 2.50 bits per heavy atom. The molecular formula is C17H18F2O3. The summed E-state index contributed by atoms with van der Waals surface area (Å²) in [5, 5.41) is 0. The van der Waals surface area contributed by atoms with E-state index in [2.05, 4.69) is 5.92 Å². The highest BCUT2D eigenvalue weighted by atomic mass is 19.1. The topological polar surface area (TPSA) is 43.4 Å². The van der Waals surface area contributed by atoms with E-state index in [1.807, 2.05) is 0 Å². The Labute approximate surface area is 128 Å². The molecule has 0 aliphatic carbocycles. The zero-order chi connectivity index (χ0) is 16.9. The first kappa shape index (κ1) is 17.8. The number of Topliss-reactive ketones (excluding diaryl/α,β-unsaturated/α-hetero) is 1. The zero-order valence-corrected chi connectivity index (χ0v) is 12.8. The molecule has 1 unspecified atom stereocenters. The molecule has 0 aliphatic heterocycles. The number of halogens is 2. The van der Waals surface area contributed by atoms with Gasteiger partial charge in [-0.05, 0) is 39.0 Å². The zero-order valence-electron chi connectivity index (χ0n) is 12.8. The predicted molar refractivity (Wildman–Crippen MR) is 78.1 cm³/mol. The van der Waals surface area contributed by atoms with Crippen molar-refractivity contribution in [2.45, 2.75) is 39.2 Å². The van der Waals surface area contributed by atoms with Crippen LogP contribution >= 0.6 is 0 Å². The third-order valence-corrected chi connectivity index (χ3v) is 2.76. The number of hydrogen-bond donors (Lipinski definition) is 0. The first-order valence-corrected chi connectivity index (χ1v) is 6.78. The van der Waals surface area contributed by atoms with E-state index < -0.39 is 40.5 Å². The van der Waals surface area contributed by atoms with Crippen LogP contribution in [0.4, 0.5) is 8.78 Å². The molecule has 0 spiro atoms. The van der Waals surface area contributed by atoms with E-state index in [-0.39, 0.29) is 12.8 Å². The van der Waals surface area contributed by atoms with E-state index in [0.717, 1.165) is 18.2 Å². The molecule has 22 heavy (non-hydrogen) atoms. The van der Waals surface area contributed by atoms with Crippen LogP contribution in [-0.2, 0) is 9.53 Å². The maximum Gasteiger partial charge on any atom is 0.307 e. The summed E-state index contributed by atoms with van der Waals surface area (Å²) in [4.78, 5) is 24.1. The highest BCUT2D eigenvalue weighted by molar-refractivity contribution is 5.99. The summed E-state index contributed by atoms with van der Waals surface area (Å²) in [6.45, 7) is 5.07. The van der Waals surface area contributed by atoms with Crippen molar-refractivity contribution in [2.75, 3.05) is 0 Å². The second-order valence-corrected chi connectivity index (χ2v) is 5.88. The second kappa shape index (κ2) is 7.17. The van der Waals surface area contributed by atoms with Gasteiger partial charge in [-0.1, -0.05) is 0 Å². The van der Waals surface area contributed by atoms with Gasteiger partial charge in [0, 0.05) is 12.3 Å². The summed E-state index contributed by atoms with van der Waals surface area (Å²) in [5.74, 6) is -1.58. The lowest BCUT2D eigenvalue weighted by Gasteiger charge is -2.21. The molecule has 0 N–H and O–H groups in total. The number of benzene rings is 1. The van der Waals surface area contributed by atoms with Gasteiger partial charge in [-0.15, -0.1) is 12.3 Å². The largest absolute Gasteiger partial charge is 0.460 e. The smallest absolute Gasteiger partial charge is 0.307 e. The van der Waals surface area contributed by atoms with E-state index in [0.29, 0.717) is 0 Å². The average Bonchev–Trinajstić information content (AvgIpc) is 2.38. The molecule has 5 heteroatoms. The van der Waals surface area contributed by atoms with Crippen LogP contribution in [-0.4, -0.2) is 17.4 Å². The molecule has 0 heterocycles. The standard InChI is InChI=1S/C17H18F2O3/c1-5-6-11(9-15(20)22-17(2,3)4)16(21)13-10-12(18)7-8-14(13)19/h1,7-8,10-11H,6,9H2,2-4H3. The average molecular weight is 308 g/mol. The molecule has 1 aromatic rings. The van der Waals surface area contributed by atoms with E-state index in [1.165, 1.54) is 0 Å². The third-order valence-electron chi connectivity index (χ3n) is 2.76. The van der Waals surface area contributed by atoms with Gasteiger partial charge in [0.05, 0.1) is 12.0 Å². The minimum absolute atomic E-state index is 0.0615. The highest BCUT2D eigenvalue weighted by Gasteiger charge is 2.27. The molecule has 3 nitrogen and oxygen atoms in total. The Morgan fingerprint density at radius 1 is 1.32 bits per heavy atom. The van der Waals surface area contributed by atoms with E-state index in [4.69, 9.17) is 11.2 Å². The van der Waals surface area contributed by atoms with Crippen LogP contribution in [0.25, 0.3) is 0 Å². The van der Waals surface area contributed by atoms with Gasteiger partial charge in [0.25, 0.3) is 0 Å². The van der Waals surface area contributed by atoms with E-state index in [1.54, 1.807) is 20.8 Å². The molecular weight excluding hydrogens is 290 g/mol. The summed E-state index contributed by atoms with van der Waals surface area (Å²) >= 11 is 0. The van der Waals surface area contributed by atoms with Crippen molar-refractivity contribution in [1.82, 2.24) is 0 Å². The van der Waals surface area contributed by atoms with Gasteiger partial charge in [0.15, 0.2) is 5.78 Å². The van der Waals surface area contributed by atoms with Crippen LogP contribution in [0.15, 0.2) is 18.2 Å². The van der Waals surface area contributed by atoms with Gasteiger partial charge in [0.1, 0.15) is 17.2 Å². The molecule has 118 valence electrons. The third kappa shape index (κ3) is 5.28. The number of ketones is 1. The Kier molecular flexibility index (Phi) is 5.81. The molecule has 0 saturated carbocycles. The second-order valence-electron chi connectivity index (χ2n) is 5.88. The normalized spacial score (nSPS) is 12.4. The molecule has 1 rings (SSSR count).